The van der Waals surface area contributed by atoms with Crippen molar-refractivity contribution >= 4 is 27.5 Å². The van der Waals surface area contributed by atoms with E-state index in [2.05, 4.69) is 4.90 Å². The first kappa shape index (κ1) is 21.3. The zero-order chi connectivity index (χ0) is 21.3. The van der Waals surface area contributed by atoms with Gasteiger partial charge in [-0.05, 0) is 50.6 Å². The molecular formula is C21H30N4O4S. The number of carbonyl (C=O) groups excluding carboxylic acids is 2. The minimum absolute atomic E-state index is 0.0749. The molecule has 0 spiro atoms. The summed E-state index contributed by atoms with van der Waals surface area (Å²) in [5.74, 6) is -0.129. The van der Waals surface area contributed by atoms with Gasteiger partial charge in [-0.3, -0.25) is 9.59 Å². The molecule has 0 saturated carbocycles. The summed E-state index contributed by atoms with van der Waals surface area (Å²) < 4.78 is 27.8. The standard InChI is InChI=1S/C21H30N4O4S/c1-22-12-14-23(15-13-22)21(27)17-4-2-10-24(16-17)30(28,29)19-8-6-18(7-9-19)25-11-3-5-20(25)26/h6-9,17H,2-5,10-16H2,1H3/t17-/m1/s1. The van der Waals surface area contributed by atoms with E-state index in [1.807, 2.05) is 11.9 Å². The number of carbonyl (C=O) groups is 2. The fourth-order valence-corrected chi connectivity index (χ4v) is 6.04. The summed E-state index contributed by atoms with van der Waals surface area (Å²) in [5.41, 5.74) is 0.734. The molecule has 3 aliphatic heterocycles. The van der Waals surface area contributed by atoms with Gasteiger partial charge in [0.05, 0.1) is 10.8 Å². The first-order chi connectivity index (χ1) is 14.4. The number of benzene rings is 1. The smallest absolute Gasteiger partial charge is 0.243 e. The molecule has 1 aromatic carbocycles. The number of hydrogen-bond donors (Lipinski definition) is 0. The lowest BCUT2D eigenvalue weighted by molar-refractivity contribution is -0.138. The van der Waals surface area contributed by atoms with Crippen LogP contribution in [-0.2, 0) is 19.6 Å². The summed E-state index contributed by atoms with van der Waals surface area (Å²) in [6.45, 7) is 4.46. The zero-order valence-electron chi connectivity index (χ0n) is 17.5. The maximum atomic E-state index is 13.2. The quantitative estimate of drug-likeness (QED) is 0.706. The predicted molar refractivity (Wildman–Crippen MR) is 114 cm³/mol. The number of likely N-dealkylation sites (N-methyl/N-ethyl adjacent to an activating group) is 1. The van der Waals surface area contributed by atoms with Crippen molar-refractivity contribution in [3.8, 4) is 0 Å². The van der Waals surface area contributed by atoms with E-state index < -0.39 is 10.0 Å². The third kappa shape index (κ3) is 4.24. The highest BCUT2D eigenvalue weighted by Gasteiger charge is 2.35. The highest BCUT2D eigenvalue weighted by molar-refractivity contribution is 7.89. The van der Waals surface area contributed by atoms with Crippen LogP contribution in [0.3, 0.4) is 0 Å². The number of nitrogens with zero attached hydrogens (tertiary/aromatic N) is 4. The van der Waals surface area contributed by atoms with Crippen molar-refractivity contribution in [1.29, 1.82) is 0 Å². The molecule has 3 heterocycles. The van der Waals surface area contributed by atoms with E-state index in [1.165, 1.54) is 4.31 Å². The van der Waals surface area contributed by atoms with E-state index in [9.17, 15) is 18.0 Å². The summed E-state index contributed by atoms with van der Waals surface area (Å²) in [7, 11) is -1.63. The Bertz CT molecular complexity index is 894. The van der Waals surface area contributed by atoms with Gasteiger partial charge in [-0.25, -0.2) is 8.42 Å². The number of amides is 2. The molecule has 0 aromatic heterocycles. The number of piperazine rings is 1. The maximum absolute atomic E-state index is 13.2. The number of hydrogen-bond acceptors (Lipinski definition) is 5. The highest BCUT2D eigenvalue weighted by atomic mass is 32.2. The molecule has 0 bridgehead atoms. The second kappa shape index (κ2) is 8.64. The molecule has 3 saturated heterocycles. The van der Waals surface area contributed by atoms with Gasteiger partial charge < -0.3 is 14.7 Å². The fraction of sp³-hybridized carbons (Fsp3) is 0.619. The molecule has 4 rings (SSSR count). The Labute approximate surface area is 178 Å². The second-order valence-corrected chi connectivity index (χ2v) is 10.4. The van der Waals surface area contributed by atoms with Crippen LogP contribution in [0.1, 0.15) is 25.7 Å². The van der Waals surface area contributed by atoms with E-state index >= 15 is 0 Å². The minimum Gasteiger partial charge on any atom is -0.340 e. The van der Waals surface area contributed by atoms with E-state index in [0.29, 0.717) is 39.0 Å². The third-order valence-electron chi connectivity index (χ3n) is 6.41. The summed E-state index contributed by atoms with van der Waals surface area (Å²) in [5, 5.41) is 0. The molecule has 0 radical (unpaired) electrons. The summed E-state index contributed by atoms with van der Waals surface area (Å²) in [4.78, 5) is 30.8. The maximum Gasteiger partial charge on any atom is 0.243 e. The van der Waals surface area contributed by atoms with Crippen molar-refractivity contribution in [2.75, 3.05) is 57.8 Å². The third-order valence-corrected chi connectivity index (χ3v) is 8.29. The van der Waals surface area contributed by atoms with Gasteiger partial charge in [-0.1, -0.05) is 0 Å². The average molecular weight is 435 g/mol. The average Bonchev–Trinajstić information content (AvgIpc) is 3.20. The molecule has 0 unspecified atom stereocenters. The lowest BCUT2D eigenvalue weighted by atomic mass is 9.98. The Balaban J connectivity index is 1.44. The monoisotopic (exact) mass is 434 g/mol. The molecule has 2 amide bonds. The van der Waals surface area contributed by atoms with Crippen LogP contribution in [0.4, 0.5) is 5.69 Å². The van der Waals surface area contributed by atoms with Gasteiger partial charge in [0, 0.05) is 57.9 Å². The van der Waals surface area contributed by atoms with Gasteiger partial charge in [-0.2, -0.15) is 4.31 Å². The molecule has 1 aromatic rings. The van der Waals surface area contributed by atoms with E-state index in [4.69, 9.17) is 0 Å². The van der Waals surface area contributed by atoms with E-state index in [-0.39, 0.29) is 29.2 Å². The molecule has 3 fully saturated rings. The van der Waals surface area contributed by atoms with Crippen molar-refractivity contribution in [2.24, 2.45) is 5.92 Å². The number of rotatable bonds is 4. The number of piperidine rings is 1. The van der Waals surface area contributed by atoms with E-state index in [1.54, 1.807) is 29.2 Å². The summed E-state index contributed by atoms with van der Waals surface area (Å²) >= 11 is 0. The van der Waals surface area contributed by atoms with Crippen molar-refractivity contribution in [1.82, 2.24) is 14.1 Å². The number of anilines is 1. The van der Waals surface area contributed by atoms with Crippen LogP contribution in [0.25, 0.3) is 0 Å². The Morgan fingerprint density at radius 2 is 1.67 bits per heavy atom. The van der Waals surface area contributed by atoms with Gasteiger partial charge in [0.15, 0.2) is 0 Å². The normalized spacial score (nSPS) is 24.4. The SMILES string of the molecule is CN1CCN(C(=O)[C@@H]2CCCN(S(=O)(=O)c3ccc(N4CCCC4=O)cc3)C2)CC1. The lowest BCUT2D eigenvalue weighted by Crippen LogP contribution is -2.52. The van der Waals surface area contributed by atoms with Gasteiger partial charge in [-0.15, -0.1) is 0 Å². The fourth-order valence-electron chi connectivity index (χ4n) is 4.52. The van der Waals surface area contributed by atoms with E-state index in [0.717, 1.165) is 31.6 Å². The van der Waals surface area contributed by atoms with Crippen LogP contribution < -0.4 is 4.90 Å². The Hall–Kier alpha value is -1.97. The second-order valence-electron chi connectivity index (χ2n) is 8.47. The topological polar surface area (TPSA) is 81.2 Å². The zero-order valence-corrected chi connectivity index (χ0v) is 18.3. The predicted octanol–water partition coefficient (Wildman–Crippen LogP) is 0.988. The van der Waals surface area contributed by atoms with Gasteiger partial charge >= 0.3 is 0 Å². The molecule has 0 aliphatic carbocycles. The van der Waals surface area contributed by atoms with Crippen LogP contribution in [0.15, 0.2) is 29.2 Å². The number of sulfonamides is 1. The van der Waals surface area contributed by atoms with Crippen molar-refractivity contribution in [2.45, 2.75) is 30.6 Å². The molecule has 0 N–H and O–H groups in total. The molecule has 8 nitrogen and oxygen atoms in total. The summed E-state index contributed by atoms with van der Waals surface area (Å²) in [6.07, 6.45) is 2.78. The van der Waals surface area contributed by atoms with Crippen molar-refractivity contribution in [3.05, 3.63) is 24.3 Å². The van der Waals surface area contributed by atoms with Crippen LogP contribution in [0, 0.1) is 5.92 Å². The molecular weight excluding hydrogens is 404 g/mol. The van der Waals surface area contributed by atoms with Gasteiger partial charge in [0.1, 0.15) is 0 Å². The van der Waals surface area contributed by atoms with Crippen LogP contribution in [-0.4, -0.2) is 87.2 Å². The molecule has 3 aliphatic rings. The molecule has 1 atom stereocenters. The highest BCUT2D eigenvalue weighted by Crippen LogP contribution is 2.28. The van der Waals surface area contributed by atoms with Crippen LogP contribution in [0.2, 0.25) is 0 Å². The first-order valence-corrected chi connectivity index (χ1v) is 12.2. The van der Waals surface area contributed by atoms with Crippen LogP contribution >= 0.6 is 0 Å². The molecule has 30 heavy (non-hydrogen) atoms. The van der Waals surface area contributed by atoms with Crippen molar-refractivity contribution in [3.63, 3.8) is 0 Å². The van der Waals surface area contributed by atoms with Gasteiger partial charge in [0.2, 0.25) is 21.8 Å². The first-order valence-electron chi connectivity index (χ1n) is 10.7. The van der Waals surface area contributed by atoms with Gasteiger partial charge in [0.25, 0.3) is 0 Å². The Kier molecular flexibility index (Phi) is 6.13. The minimum atomic E-state index is -3.67. The Morgan fingerprint density at radius 3 is 2.30 bits per heavy atom. The summed E-state index contributed by atoms with van der Waals surface area (Å²) in [6, 6.07) is 6.55. The largest absolute Gasteiger partial charge is 0.340 e. The molecule has 164 valence electrons. The Morgan fingerprint density at radius 1 is 0.967 bits per heavy atom. The van der Waals surface area contributed by atoms with Crippen molar-refractivity contribution < 1.29 is 18.0 Å². The van der Waals surface area contributed by atoms with Crippen LogP contribution in [0.5, 0.6) is 0 Å². The molecule has 9 heteroatoms. The lowest BCUT2D eigenvalue weighted by Gasteiger charge is -2.37.